The summed E-state index contributed by atoms with van der Waals surface area (Å²) in [5.74, 6) is -3.17. The van der Waals surface area contributed by atoms with E-state index in [1.54, 1.807) is 0 Å². The number of aliphatic hydroxyl groups excluding tert-OH is 1. The van der Waals surface area contributed by atoms with Crippen molar-refractivity contribution in [3.05, 3.63) is 124 Å². The van der Waals surface area contributed by atoms with Gasteiger partial charge in [0.15, 0.2) is 5.75 Å². The molecule has 0 saturated carbocycles. The topological polar surface area (TPSA) is 362 Å². The summed E-state index contributed by atoms with van der Waals surface area (Å²) in [7, 11) is -10.3. The van der Waals surface area contributed by atoms with Crippen molar-refractivity contribution in [1.29, 1.82) is 0 Å². The molecule has 6 aromatic rings. The van der Waals surface area contributed by atoms with E-state index in [1.165, 1.54) is 72.8 Å². The molecule has 63 heavy (non-hydrogen) atoms. The first-order valence-electron chi connectivity index (χ1n) is 16.4. The minimum Gasteiger partial charge on any atom is -0.507 e. The number of aliphatic imine (C=N–C) groups is 1. The van der Waals surface area contributed by atoms with Gasteiger partial charge in [-0.1, -0.05) is 0 Å². The van der Waals surface area contributed by atoms with E-state index in [1.807, 2.05) is 0 Å². The molecular weight excluding hydrogens is 900 g/mol. The van der Waals surface area contributed by atoms with Crippen molar-refractivity contribution in [3.63, 3.8) is 0 Å². The van der Waals surface area contributed by atoms with Gasteiger partial charge in [0, 0.05) is 106 Å². The standard InChI is InChI=1S/C36H25N9O13S2.3Na/c37-31-30-19(15-28(59(53,54)55)32(31)43-40-23-9-12-25(13-10-23)45(51)52)16-29(60(56,57)58)33(34(30)47)44-41-22-7-5-20(6-8-22)38-35(48)18-1-3-21(4-2-18)39-42-24-11-14-27(46)26(17-24)36(49)50;;;/h1-17,46-47H,37H2,(H,38,48)(H,49,50)(H,53,54,55)(H,56,57,58);;;. The summed E-state index contributed by atoms with van der Waals surface area (Å²) in [5.41, 5.74) is 4.49. The van der Waals surface area contributed by atoms with Crippen LogP contribution in [0.5, 0.6) is 11.5 Å². The van der Waals surface area contributed by atoms with Crippen LogP contribution < -0.4 is 5.73 Å². The van der Waals surface area contributed by atoms with Gasteiger partial charge in [-0.25, -0.2) is 9.79 Å². The van der Waals surface area contributed by atoms with E-state index in [9.17, 15) is 56.2 Å². The number of nitrogens with two attached hydrogens (primary N) is 1. The smallest absolute Gasteiger partial charge is 0.339 e. The minimum atomic E-state index is -5.19. The molecule has 0 unspecified atom stereocenters. The fourth-order valence-electron chi connectivity index (χ4n) is 5.29. The number of nitrogens with zero attached hydrogens (tertiary/aromatic N) is 8. The van der Waals surface area contributed by atoms with Gasteiger partial charge in [-0.3, -0.25) is 19.2 Å². The molecule has 0 heterocycles. The second kappa shape index (κ2) is 21.5. The first kappa shape index (κ1) is 52.3. The predicted octanol–water partition coefficient (Wildman–Crippen LogP) is 7.67. The molecule has 3 radical (unpaired) electrons. The van der Waals surface area contributed by atoms with E-state index >= 15 is 0 Å². The molecule has 0 amide bonds. The molecule has 0 aromatic heterocycles. The van der Waals surface area contributed by atoms with Crippen LogP contribution in [0.15, 0.2) is 149 Å². The first-order valence-corrected chi connectivity index (χ1v) is 19.3. The summed E-state index contributed by atoms with van der Waals surface area (Å²) in [4.78, 5) is 23.7. The van der Waals surface area contributed by atoms with E-state index < -0.39 is 86.2 Å². The van der Waals surface area contributed by atoms with Gasteiger partial charge < -0.3 is 26.2 Å². The number of carbonyl (C=O) groups is 1. The number of hydrogen-bond acceptors (Lipinski definition) is 17. The zero-order valence-electron chi connectivity index (χ0n) is 32.8. The average Bonchev–Trinajstić information content (AvgIpc) is 3.19. The van der Waals surface area contributed by atoms with Gasteiger partial charge >= 0.3 is 5.97 Å². The number of aromatic carboxylic acids is 1. The third-order valence-corrected chi connectivity index (χ3v) is 9.90. The molecule has 6 rings (SSSR count). The summed E-state index contributed by atoms with van der Waals surface area (Å²) < 4.78 is 69.5. The number of nitro benzene ring substituents is 1. The number of nitrogen functional groups attached to an aromatic ring is 1. The Morgan fingerprint density at radius 3 is 1.54 bits per heavy atom. The Morgan fingerprint density at radius 1 is 0.603 bits per heavy atom. The molecule has 307 valence electrons. The molecule has 6 aromatic carbocycles. The number of rotatable bonds is 12. The summed E-state index contributed by atoms with van der Waals surface area (Å²) in [6, 6.07) is 21.2. The van der Waals surface area contributed by atoms with Gasteiger partial charge in [0.1, 0.15) is 32.5 Å². The summed E-state index contributed by atoms with van der Waals surface area (Å²) in [5, 5.41) is 74.1. The number of non-ortho nitro benzene ring substituents is 1. The molecule has 8 N–H and O–H groups in total. The van der Waals surface area contributed by atoms with Crippen molar-refractivity contribution in [2.24, 2.45) is 35.7 Å². The van der Waals surface area contributed by atoms with Crippen molar-refractivity contribution in [2.45, 2.75) is 9.79 Å². The summed E-state index contributed by atoms with van der Waals surface area (Å²) >= 11 is 0. The van der Waals surface area contributed by atoms with Crippen molar-refractivity contribution in [3.8, 4) is 11.5 Å². The van der Waals surface area contributed by atoms with E-state index in [-0.39, 0.29) is 128 Å². The maximum atomic E-state index is 12.4. The third kappa shape index (κ3) is 12.6. The first-order chi connectivity index (χ1) is 28.3. The molecule has 0 aliphatic carbocycles. The molecule has 0 spiro atoms. The number of aliphatic hydroxyl groups is 1. The maximum Gasteiger partial charge on any atom is 0.339 e. The van der Waals surface area contributed by atoms with Crippen LogP contribution in [0.3, 0.4) is 0 Å². The van der Waals surface area contributed by atoms with Crippen LogP contribution in [-0.2, 0) is 20.2 Å². The monoisotopic (exact) mass is 924 g/mol. The van der Waals surface area contributed by atoms with Gasteiger partial charge in [0.25, 0.3) is 25.9 Å². The number of azo groups is 3. The van der Waals surface area contributed by atoms with E-state index in [2.05, 4.69) is 35.7 Å². The van der Waals surface area contributed by atoms with Crippen LogP contribution in [0.4, 0.5) is 51.2 Å². The fourth-order valence-corrected chi connectivity index (χ4v) is 6.62. The second-order valence-electron chi connectivity index (χ2n) is 12.1. The summed E-state index contributed by atoms with van der Waals surface area (Å²) in [6.45, 7) is 0. The van der Waals surface area contributed by atoms with Gasteiger partial charge in [-0.2, -0.15) is 37.3 Å². The Labute approximate surface area is 421 Å². The number of fused-ring (bicyclic) bond motifs is 1. The molecule has 0 fully saturated rings. The Hall–Kier alpha value is -5.06. The predicted molar refractivity (Wildman–Crippen MR) is 229 cm³/mol. The minimum absolute atomic E-state index is 0. The number of aromatic hydroxyl groups is 2. The van der Waals surface area contributed by atoms with Gasteiger partial charge in [0.05, 0.1) is 44.4 Å². The van der Waals surface area contributed by atoms with E-state index in [4.69, 9.17) is 10.8 Å². The number of phenolic OH excluding ortho intramolecular Hbond substituents is 1. The van der Waals surface area contributed by atoms with E-state index in [0.717, 1.165) is 24.3 Å². The Morgan fingerprint density at radius 2 is 1.03 bits per heavy atom. The molecule has 27 heteroatoms. The average molecular weight is 925 g/mol. The molecular formula is C36H25N9Na3O13S2. The third-order valence-electron chi connectivity index (χ3n) is 8.16. The quantitative estimate of drug-likeness (QED) is 0.00905. The van der Waals surface area contributed by atoms with Crippen molar-refractivity contribution < 1.29 is 56.1 Å². The number of benzene rings is 6. The number of anilines is 1. The van der Waals surface area contributed by atoms with E-state index in [0.29, 0.717) is 11.8 Å². The van der Waals surface area contributed by atoms with Crippen LogP contribution >= 0.6 is 0 Å². The molecule has 0 bridgehead atoms. The molecule has 0 saturated heterocycles. The maximum absolute atomic E-state index is 12.4. The molecule has 0 aliphatic rings. The van der Waals surface area contributed by atoms with Crippen molar-refractivity contribution in [1.82, 2.24) is 0 Å². The number of nitro groups is 1. The Balaban J connectivity index is 0.00000352. The van der Waals surface area contributed by atoms with Crippen LogP contribution in [0.2, 0.25) is 0 Å². The molecule has 0 atom stereocenters. The largest absolute Gasteiger partial charge is 0.507 e. The molecule has 0 aliphatic heterocycles. The van der Waals surface area contributed by atoms with Crippen LogP contribution in [0.1, 0.15) is 15.9 Å². The zero-order valence-corrected chi connectivity index (χ0v) is 40.5. The second-order valence-corrected chi connectivity index (χ2v) is 14.9. The zero-order chi connectivity index (χ0) is 43.5. The van der Waals surface area contributed by atoms with Crippen molar-refractivity contribution in [2.75, 3.05) is 5.73 Å². The fraction of sp³-hybridized carbons (Fsp3) is 0. The Bertz CT molecular complexity index is 3080. The number of carboxylic acid groups (broad SMARTS) is 1. The normalized spacial score (nSPS) is 11.9. The van der Waals surface area contributed by atoms with Crippen LogP contribution in [0.25, 0.3) is 10.8 Å². The van der Waals surface area contributed by atoms with Gasteiger partial charge in [-0.15, -0.1) is 10.2 Å². The number of carboxylic acids is 1. The number of phenols is 2. The van der Waals surface area contributed by atoms with Gasteiger partial charge in [0.2, 0.25) is 5.90 Å². The van der Waals surface area contributed by atoms with Crippen LogP contribution in [-0.4, -0.2) is 152 Å². The molecule has 22 nitrogen and oxygen atoms in total. The van der Waals surface area contributed by atoms with Crippen LogP contribution in [0, 0.1) is 10.1 Å². The Kier molecular flexibility index (Phi) is 17.9. The number of hydrogen-bond donors (Lipinski definition) is 7. The SMILES string of the molecule is Nc1c(N=Nc2ccc([N+](=O)[O-])cc2)c(S(=O)(=O)O)cc2cc(S(=O)(=O)O)c(N=Nc3ccc(N=C(O)c4ccc(N=Nc5ccc(O)c(C(=O)O)c5)cc4)cc3)c(O)c12.[Na].[Na].[Na]. The van der Waals surface area contributed by atoms with Crippen molar-refractivity contribution >= 4 is 183 Å². The van der Waals surface area contributed by atoms with Gasteiger partial charge in [-0.05, 0) is 96.4 Å². The summed E-state index contributed by atoms with van der Waals surface area (Å²) in [6.07, 6.45) is 0.